The Balaban J connectivity index is 1.58. The summed E-state index contributed by atoms with van der Waals surface area (Å²) in [6.45, 7) is -0.837. The van der Waals surface area contributed by atoms with E-state index >= 15 is 0 Å². The fourth-order valence-corrected chi connectivity index (χ4v) is 4.96. The Kier molecular flexibility index (Phi) is 6.09. The lowest BCUT2D eigenvalue weighted by molar-refractivity contribution is -0.0892. The number of benzene rings is 3. The van der Waals surface area contributed by atoms with Crippen LogP contribution in [0.5, 0.6) is 0 Å². The highest BCUT2D eigenvalue weighted by Crippen LogP contribution is 2.44. The van der Waals surface area contributed by atoms with Gasteiger partial charge in [-0.15, -0.1) is 0 Å². The number of aliphatic hydroxyl groups is 1. The number of carbonyl (C=O) groups is 2. The van der Waals surface area contributed by atoms with Crippen molar-refractivity contribution in [3.05, 3.63) is 93.0 Å². The standard InChI is InChI=1S/C25H19ClF4N4O3/c26-17-3-1-12(27)7-14(17)21-20-15(22(35)33-21)5-11(9-31)6-18(20)32-24(36)34-10-25(37,23(29)30)16-8-13(28)2-4-19(16)34/h1-8,21,23,37H,9-10,31H2,(H,32,36)(H,33,35)/t21-,25+/m1/s1. The van der Waals surface area contributed by atoms with Crippen molar-refractivity contribution >= 4 is 34.9 Å². The minimum Gasteiger partial charge on any atom is -0.377 e. The highest BCUT2D eigenvalue weighted by molar-refractivity contribution is 6.31. The lowest BCUT2D eigenvalue weighted by Gasteiger charge is -2.24. The van der Waals surface area contributed by atoms with E-state index in [0.29, 0.717) is 5.56 Å². The number of fused-ring (bicyclic) bond motifs is 2. The van der Waals surface area contributed by atoms with Gasteiger partial charge in [0.1, 0.15) is 11.6 Å². The Hall–Kier alpha value is -3.67. The van der Waals surface area contributed by atoms with E-state index in [1.807, 2.05) is 0 Å². The summed E-state index contributed by atoms with van der Waals surface area (Å²) in [6, 6.07) is 7.64. The van der Waals surface area contributed by atoms with Gasteiger partial charge in [-0.1, -0.05) is 11.6 Å². The van der Waals surface area contributed by atoms with Crippen LogP contribution in [0, 0.1) is 11.6 Å². The minimum absolute atomic E-state index is 0.00573. The van der Waals surface area contributed by atoms with Crippen molar-refractivity contribution in [3.63, 3.8) is 0 Å². The van der Waals surface area contributed by atoms with Crippen LogP contribution >= 0.6 is 11.6 Å². The molecule has 3 aromatic rings. The molecule has 12 heteroatoms. The summed E-state index contributed by atoms with van der Waals surface area (Å²) in [7, 11) is 0. The third-order valence-corrected chi connectivity index (χ3v) is 6.86. The van der Waals surface area contributed by atoms with Gasteiger partial charge in [-0.3, -0.25) is 9.69 Å². The summed E-state index contributed by atoms with van der Waals surface area (Å²) >= 11 is 6.28. The molecule has 0 bridgehead atoms. The molecule has 0 spiro atoms. The van der Waals surface area contributed by atoms with Gasteiger partial charge in [-0.2, -0.15) is 0 Å². The number of alkyl halides is 2. The molecule has 5 rings (SSSR count). The maximum atomic E-state index is 14.0. The summed E-state index contributed by atoms with van der Waals surface area (Å²) in [6.07, 6.45) is -3.31. The molecule has 0 aliphatic carbocycles. The number of rotatable bonds is 4. The van der Waals surface area contributed by atoms with Gasteiger partial charge in [-0.05, 0) is 54.1 Å². The second-order valence-electron chi connectivity index (χ2n) is 8.78. The maximum absolute atomic E-state index is 14.0. The zero-order valence-electron chi connectivity index (χ0n) is 18.9. The lowest BCUT2D eigenvalue weighted by Crippen LogP contribution is -2.43. The van der Waals surface area contributed by atoms with Crippen LogP contribution in [0.2, 0.25) is 5.02 Å². The van der Waals surface area contributed by atoms with E-state index in [-0.39, 0.29) is 39.6 Å². The van der Waals surface area contributed by atoms with E-state index in [9.17, 15) is 32.3 Å². The quantitative estimate of drug-likeness (QED) is 0.372. The SMILES string of the molecule is NCc1cc(NC(=O)N2C[C@@](O)(C(F)F)c3cc(F)ccc32)c2c(c1)C(=O)N[C@@H]2c1cc(F)ccc1Cl. The third kappa shape index (κ3) is 4.08. The van der Waals surface area contributed by atoms with Crippen LogP contribution in [0.1, 0.15) is 38.7 Å². The number of nitrogens with two attached hydrogens (primary N) is 1. The van der Waals surface area contributed by atoms with Gasteiger partial charge in [0.15, 0.2) is 5.60 Å². The van der Waals surface area contributed by atoms with E-state index in [4.69, 9.17) is 17.3 Å². The molecule has 0 unspecified atom stereocenters. The first-order chi connectivity index (χ1) is 17.5. The molecule has 0 fully saturated rings. The molecule has 2 aliphatic heterocycles. The fraction of sp³-hybridized carbons (Fsp3) is 0.200. The van der Waals surface area contributed by atoms with Gasteiger partial charge in [-0.25, -0.2) is 22.4 Å². The first-order valence-corrected chi connectivity index (χ1v) is 11.4. The van der Waals surface area contributed by atoms with Crippen LogP contribution in [0.4, 0.5) is 33.7 Å². The number of nitrogens with zero attached hydrogens (tertiary/aromatic N) is 1. The van der Waals surface area contributed by atoms with Gasteiger partial charge in [0.2, 0.25) is 0 Å². The summed E-state index contributed by atoms with van der Waals surface area (Å²) < 4.78 is 55.4. The Morgan fingerprint density at radius 1 is 1.19 bits per heavy atom. The average molecular weight is 535 g/mol. The van der Waals surface area contributed by atoms with Crippen LogP contribution in [0.3, 0.4) is 0 Å². The number of urea groups is 1. The number of hydrogen-bond donors (Lipinski definition) is 4. The molecule has 3 amide bonds. The Labute approximate surface area is 212 Å². The molecule has 3 aromatic carbocycles. The summed E-state index contributed by atoms with van der Waals surface area (Å²) in [5, 5.41) is 16.1. The Bertz CT molecular complexity index is 1450. The van der Waals surface area contributed by atoms with E-state index < -0.39 is 53.7 Å². The predicted octanol–water partition coefficient (Wildman–Crippen LogP) is 4.41. The lowest BCUT2D eigenvalue weighted by atomic mass is 9.94. The van der Waals surface area contributed by atoms with Crippen molar-refractivity contribution in [3.8, 4) is 0 Å². The summed E-state index contributed by atoms with van der Waals surface area (Å²) in [5.74, 6) is -1.97. The molecule has 0 aromatic heterocycles. The van der Waals surface area contributed by atoms with Gasteiger partial charge >= 0.3 is 6.03 Å². The Morgan fingerprint density at radius 2 is 1.89 bits per heavy atom. The van der Waals surface area contributed by atoms with Gasteiger partial charge in [0, 0.05) is 39.5 Å². The van der Waals surface area contributed by atoms with E-state index in [0.717, 1.165) is 35.2 Å². The van der Waals surface area contributed by atoms with Crippen molar-refractivity contribution in [1.29, 1.82) is 0 Å². The largest absolute Gasteiger partial charge is 0.377 e. The molecule has 7 nitrogen and oxygen atoms in total. The normalized spacial score (nSPS) is 20.2. The number of amides is 3. The molecule has 2 atom stereocenters. The van der Waals surface area contributed by atoms with Gasteiger partial charge < -0.3 is 21.5 Å². The summed E-state index contributed by atoms with van der Waals surface area (Å²) in [4.78, 5) is 27.0. The van der Waals surface area contributed by atoms with Crippen LogP contribution in [0.25, 0.3) is 0 Å². The van der Waals surface area contributed by atoms with Gasteiger partial charge in [0.25, 0.3) is 12.3 Å². The first-order valence-electron chi connectivity index (χ1n) is 11.0. The third-order valence-electron chi connectivity index (χ3n) is 6.52. The molecule has 0 saturated heterocycles. The number of carbonyl (C=O) groups excluding carboxylic acids is 2. The molecular formula is C25H19ClF4N4O3. The number of hydrogen-bond acceptors (Lipinski definition) is 4. The minimum atomic E-state index is -3.31. The van der Waals surface area contributed by atoms with E-state index in [1.165, 1.54) is 18.2 Å². The van der Waals surface area contributed by atoms with Crippen LogP contribution in [-0.4, -0.2) is 30.0 Å². The van der Waals surface area contributed by atoms with Crippen molar-refractivity contribution < 1.29 is 32.3 Å². The predicted molar refractivity (Wildman–Crippen MR) is 128 cm³/mol. The molecule has 2 aliphatic rings. The molecule has 37 heavy (non-hydrogen) atoms. The smallest absolute Gasteiger partial charge is 0.326 e. The molecular weight excluding hydrogens is 516 g/mol. The second kappa shape index (κ2) is 9.02. The fourth-order valence-electron chi connectivity index (χ4n) is 4.74. The molecule has 0 radical (unpaired) electrons. The van der Waals surface area contributed by atoms with Crippen LogP contribution in [-0.2, 0) is 12.1 Å². The van der Waals surface area contributed by atoms with Crippen LogP contribution in [0.15, 0.2) is 48.5 Å². The van der Waals surface area contributed by atoms with Crippen molar-refractivity contribution in [1.82, 2.24) is 5.32 Å². The highest BCUT2D eigenvalue weighted by Gasteiger charge is 2.50. The zero-order valence-corrected chi connectivity index (χ0v) is 19.6. The summed E-state index contributed by atoms with van der Waals surface area (Å²) in [5.41, 5.74) is 3.69. The van der Waals surface area contributed by atoms with Crippen molar-refractivity contribution in [2.75, 3.05) is 16.8 Å². The zero-order chi connectivity index (χ0) is 26.6. The van der Waals surface area contributed by atoms with Crippen LogP contribution < -0.4 is 21.3 Å². The second-order valence-corrected chi connectivity index (χ2v) is 9.19. The number of β-amino-alcohol motifs (C(OH)–C–C–N with tert-alkyl or cyclic N) is 1. The average Bonchev–Trinajstić information content (AvgIpc) is 3.35. The maximum Gasteiger partial charge on any atom is 0.326 e. The molecule has 0 saturated carbocycles. The number of anilines is 2. The van der Waals surface area contributed by atoms with Crippen molar-refractivity contribution in [2.45, 2.75) is 24.6 Å². The topological polar surface area (TPSA) is 108 Å². The molecule has 192 valence electrons. The number of nitrogens with one attached hydrogen (secondary N) is 2. The van der Waals surface area contributed by atoms with E-state index in [2.05, 4.69) is 10.6 Å². The van der Waals surface area contributed by atoms with Crippen molar-refractivity contribution in [2.24, 2.45) is 5.73 Å². The molecule has 5 N–H and O–H groups in total. The molecule has 2 heterocycles. The number of halogens is 5. The van der Waals surface area contributed by atoms with E-state index in [1.54, 1.807) is 0 Å². The monoisotopic (exact) mass is 534 g/mol. The highest BCUT2D eigenvalue weighted by atomic mass is 35.5. The Morgan fingerprint density at radius 3 is 2.59 bits per heavy atom. The first kappa shape index (κ1) is 25.0. The van der Waals surface area contributed by atoms with Gasteiger partial charge in [0.05, 0.1) is 18.3 Å².